The molecular formula is C19H17N5O4S. The zero-order chi connectivity index (χ0) is 20.6. The maximum Gasteiger partial charge on any atom is 0.338 e. The lowest BCUT2D eigenvalue weighted by atomic mass is 10.1. The predicted octanol–water partition coefficient (Wildman–Crippen LogP) is 2.85. The van der Waals surface area contributed by atoms with Crippen molar-refractivity contribution >= 4 is 32.8 Å². The van der Waals surface area contributed by atoms with Crippen molar-refractivity contribution in [2.24, 2.45) is 0 Å². The highest BCUT2D eigenvalue weighted by Crippen LogP contribution is 2.23. The molecule has 0 aliphatic carbocycles. The number of hydrogen-bond donors (Lipinski definition) is 3. The number of rotatable bonds is 5. The van der Waals surface area contributed by atoms with E-state index in [1.54, 1.807) is 13.0 Å². The predicted molar refractivity (Wildman–Crippen MR) is 107 cm³/mol. The molecule has 0 unspecified atom stereocenters. The van der Waals surface area contributed by atoms with Gasteiger partial charge in [-0.2, -0.15) is 5.10 Å². The molecule has 0 saturated carbocycles. The third-order valence-corrected chi connectivity index (χ3v) is 5.74. The zero-order valence-corrected chi connectivity index (χ0v) is 16.4. The Bertz CT molecular complexity index is 1290. The number of imidazole rings is 1. The van der Waals surface area contributed by atoms with Crippen LogP contribution in [0.2, 0.25) is 0 Å². The number of fused-ring (bicyclic) bond motifs is 1. The number of carbonyl (C=O) groups excluding carboxylic acids is 1. The molecule has 2 aromatic heterocycles. The van der Waals surface area contributed by atoms with Crippen molar-refractivity contribution < 1.29 is 17.9 Å². The van der Waals surface area contributed by atoms with Crippen molar-refractivity contribution in [1.82, 2.24) is 20.2 Å². The molecule has 0 radical (unpaired) electrons. The molecule has 0 saturated heterocycles. The van der Waals surface area contributed by atoms with Gasteiger partial charge in [-0.15, -0.1) is 0 Å². The lowest BCUT2D eigenvalue weighted by Crippen LogP contribution is -2.15. The lowest BCUT2D eigenvalue weighted by molar-refractivity contribution is 0.0599. The van der Waals surface area contributed by atoms with Gasteiger partial charge in [-0.05, 0) is 36.8 Å². The minimum atomic E-state index is -3.96. The maximum absolute atomic E-state index is 12.7. The summed E-state index contributed by atoms with van der Waals surface area (Å²) < 4.78 is 32.5. The second-order valence-electron chi connectivity index (χ2n) is 6.34. The van der Waals surface area contributed by atoms with Crippen molar-refractivity contribution in [3.05, 3.63) is 59.7 Å². The summed E-state index contributed by atoms with van der Waals surface area (Å²) in [5.41, 5.74) is 2.96. The first kappa shape index (κ1) is 18.7. The second kappa shape index (κ2) is 7.06. The quantitative estimate of drug-likeness (QED) is 0.433. The summed E-state index contributed by atoms with van der Waals surface area (Å²) in [6.07, 6.45) is 0. The van der Waals surface area contributed by atoms with E-state index in [2.05, 4.69) is 24.9 Å². The summed E-state index contributed by atoms with van der Waals surface area (Å²) in [5, 5.41) is 6.76. The molecule has 0 fully saturated rings. The fraction of sp³-hybridized carbons (Fsp3) is 0.105. The first-order valence-corrected chi connectivity index (χ1v) is 10.1. The molecule has 4 rings (SSSR count). The van der Waals surface area contributed by atoms with E-state index in [-0.39, 0.29) is 16.3 Å². The maximum atomic E-state index is 12.7. The Morgan fingerprint density at radius 3 is 2.69 bits per heavy atom. The summed E-state index contributed by atoms with van der Waals surface area (Å²) in [4.78, 5) is 19.4. The Morgan fingerprint density at radius 2 is 1.93 bits per heavy atom. The van der Waals surface area contributed by atoms with Crippen molar-refractivity contribution in [2.75, 3.05) is 11.8 Å². The van der Waals surface area contributed by atoms with Crippen molar-refractivity contribution in [3.8, 4) is 11.5 Å². The van der Waals surface area contributed by atoms with Crippen LogP contribution in [-0.4, -0.2) is 41.7 Å². The minimum absolute atomic E-state index is 0.0724. The largest absolute Gasteiger partial charge is 0.465 e. The van der Waals surface area contributed by atoms with Gasteiger partial charge in [0.15, 0.2) is 11.6 Å². The number of H-pyrrole nitrogens is 2. The molecule has 3 N–H and O–H groups in total. The van der Waals surface area contributed by atoms with Crippen LogP contribution < -0.4 is 4.72 Å². The van der Waals surface area contributed by atoms with Gasteiger partial charge < -0.3 is 9.72 Å². The van der Waals surface area contributed by atoms with Crippen molar-refractivity contribution in [3.63, 3.8) is 0 Å². The number of ether oxygens (including phenoxy) is 1. The number of esters is 1. The molecule has 0 bridgehead atoms. The third-order valence-electron chi connectivity index (χ3n) is 4.39. The van der Waals surface area contributed by atoms with Crippen LogP contribution in [0.3, 0.4) is 0 Å². The zero-order valence-electron chi connectivity index (χ0n) is 15.6. The second-order valence-corrected chi connectivity index (χ2v) is 8.03. The smallest absolute Gasteiger partial charge is 0.338 e. The van der Waals surface area contributed by atoms with E-state index < -0.39 is 16.0 Å². The van der Waals surface area contributed by atoms with Crippen LogP contribution in [0, 0.1) is 6.92 Å². The Hall–Kier alpha value is -3.66. The van der Waals surface area contributed by atoms with Gasteiger partial charge in [0, 0.05) is 6.07 Å². The number of hydrogen-bond acceptors (Lipinski definition) is 6. The van der Waals surface area contributed by atoms with Gasteiger partial charge in [-0.3, -0.25) is 9.82 Å². The summed E-state index contributed by atoms with van der Waals surface area (Å²) in [5.74, 6) is 0.0274. The highest BCUT2D eigenvalue weighted by molar-refractivity contribution is 7.92. The number of nitrogens with zero attached hydrogens (tertiary/aromatic N) is 2. The van der Waals surface area contributed by atoms with Crippen molar-refractivity contribution in [2.45, 2.75) is 11.8 Å². The van der Waals surface area contributed by atoms with Crippen LogP contribution in [0.5, 0.6) is 0 Å². The van der Waals surface area contributed by atoms with E-state index in [0.717, 1.165) is 11.0 Å². The van der Waals surface area contributed by atoms with Crippen LogP contribution in [-0.2, 0) is 14.8 Å². The molecule has 0 aliphatic rings. The van der Waals surface area contributed by atoms with E-state index >= 15 is 0 Å². The summed E-state index contributed by atoms with van der Waals surface area (Å²) in [6, 6.07) is 13.3. The van der Waals surface area contributed by atoms with Gasteiger partial charge in [-0.1, -0.05) is 18.2 Å². The molecule has 29 heavy (non-hydrogen) atoms. The van der Waals surface area contributed by atoms with Crippen LogP contribution in [0.4, 0.5) is 5.82 Å². The Balaban J connectivity index is 1.62. The van der Waals surface area contributed by atoms with Crippen LogP contribution >= 0.6 is 0 Å². The fourth-order valence-electron chi connectivity index (χ4n) is 2.87. The molecule has 0 aliphatic heterocycles. The van der Waals surface area contributed by atoms with Gasteiger partial charge >= 0.3 is 5.97 Å². The Kier molecular flexibility index (Phi) is 4.55. The van der Waals surface area contributed by atoms with Crippen LogP contribution in [0.1, 0.15) is 15.9 Å². The van der Waals surface area contributed by atoms with Crippen LogP contribution in [0.25, 0.3) is 22.6 Å². The lowest BCUT2D eigenvalue weighted by Gasteiger charge is -2.09. The normalized spacial score (nSPS) is 11.5. The molecule has 4 aromatic rings. The van der Waals surface area contributed by atoms with E-state index in [1.807, 2.05) is 24.3 Å². The van der Waals surface area contributed by atoms with E-state index in [9.17, 15) is 13.2 Å². The standard InChI is InChI=1S/C19H17N5O4S/c1-11-7-8-12(9-13(11)19(25)28-2)29(26,27)24-17-10-16(22-23-17)18-20-14-5-3-4-6-15(14)21-18/h3-10H,1-2H3,(H,20,21)(H2,22,23,24). The van der Waals surface area contributed by atoms with Crippen LogP contribution in [0.15, 0.2) is 53.4 Å². The summed E-state index contributed by atoms with van der Waals surface area (Å²) in [6.45, 7) is 1.70. The summed E-state index contributed by atoms with van der Waals surface area (Å²) >= 11 is 0. The van der Waals surface area contributed by atoms with Gasteiger partial charge in [0.2, 0.25) is 0 Å². The third kappa shape index (κ3) is 3.57. The highest BCUT2D eigenvalue weighted by atomic mass is 32.2. The molecule has 0 amide bonds. The number of anilines is 1. The molecule has 2 heterocycles. The topological polar surface area (TPSA) is 130 Å². The number of para-hydroxylation sites is 2. The van der Waals surface area contributed by atoms with E-state index in [4.69, 9.17) is 4.74 Å². The molecule has 10 heteroatoms. The number of aryl methyl sites for hydroxylation is 1. The molecule has 148 valence electrons. The van der Waals surface area contributed by atoms with Gasteiger partial charge in [-0.25, -0.2) is 18.2 Å². The fourth-order valence-corrected chi connectivity index (χ4v) is 3.89. The average molecular weight is 411 g/mol. The molecule has 2 aromatic carbocycles. The number of sulfonamides is 1. The molecule has 0 atom stereocenters. The van der Waals surface area contributed by atoms with Gasteiger partial charge in [0.1, 0.15) is 5.69 Å². The van der Waals surface area contributed by atoms with Gasteiger partial charge in [0.25, 0.3) is 10.0 Å². The number of benzene rings is 2. The first-order valence-electron chi connectivity index (χ1n) is 8.60. The SMILES string of the molecule is COC(=O)c1cc(S(=O)(=O)Nc2cc(-c3nc4ccccc4[nH]3)[nH]n2)ccc1C. The summed E-state index contributed by atoms with van der Waals surface area (Å²) in [7, 11) is -2.72. The number of nitrogens with one attached hydrogen (secondary N) is 3. The Morgan fingerprint density at radius 1 is 1.14 bits per heavy atom. The average Bonchev–Trinajstić information content (AvgIpc) is 3.33. The first-order chi connectivity index (χ1) is 13.9. The van der Waals surface area contributed by atoms with Crippen molar-refractivity contribution in [1.29, 1.82) is 0 Å². The Labute approximate surface area is 166 Å². The number of methoxy groups -OCH3 is 1. The molecule has 0 spiro atoms. The monoisotopic (exact) mass is 411 g/mol. The van der Waals surface area contributed by atoms with Gasteiger partial charge in [0.05, 0.1) is 28.6 Å². The molecule has 9 nitrogen and oxygen atoms in total. The van der Waals surface area contributed by atoms with E-state index in [1.165, 1.54) is 25.3 Å². The number of aromatic nitrogens is 4. The number of aromatic amines is 2. The minimum Gasteiger partial charge on any atom is -0.465 e. The molecular weight excluding hydrogens is 394 g/mol. The van der Waals surface area contributed by atoms with E-state index in [0.29, 0.717) is 17.1 Å². The highest BCUT2D eigenvalue weighted by Gasteiger charge is 2.20. The number of carbonyl (C=O) groups is 1.